The SMILES string of the molecule is Cc1nnnn1C1CNC1. The lowest BCUT2D eigenvalue weighted by Gasteiger charge is -2.26. The Hall–Kier alpha value is -0.970. The van der Waals surface area contributed by atoms with Gasteiger partial charge >= 0.3 is 0 Å². The van der Waals surface area contributed by atoms with E-state index in [-0.39, 0.29) is 0 Å². The van der Waals surface area contributed by atoms with Crippen molar-refractivity contribution in [3.63, 3.8) is 0 Å². The third-order valence-electron chi connectivity index (χ3n) is 1.76. The highest BCUT2D eigenvalue weighted by Crippen LogP contribution is 2.09. The topological polar surface area (TPSA) is 55.6 Å². The number of nitrogens with zero attached hydrogens (tertiary/aromatic N) is 4. The van der Waals surface area contributed by atoms with Gasteiger partial charge in [0.05, 0.1) is 6.04 Å². The smallest absolute Gasteiger partial charge is 0.148 e. The second kappa shape index (κ2) is 2.02. The highest BCUT2D eigenvalue weighted by atomic mass is 15.6. The van der Waals surface area contributed by atoms with E-state index in [1.165, 1.54) is 0 Å². The van der Waals surface area contributed by atoms with E-state index in [0.717, 1.165) is 18.9 Å². The maximum atomic E-state index is 3.85. The minimum atomic E-state index is 0.481. The van der Waals surface area contributed by atoms with Crippen molar-refractivity contribution in [2.75, 3.05) is 13.1 Å². The first-order valence-electron chi connectivity index (χ1n) is 3.33. The number of hydrogen-bond donors (Lipinski definition) is 1. The number of tetrazole rings is 1. The Labute approximate surface area is 58.4 Å². The number of rotatable bonds is 1. The molecule has 10 heavy (non-hydrogen) atoms. The summed E-state index contributed by atoms with van der Waals surface area (Å²) in [5.74, 6) is 0.895. The van der Waals surface area contributed by atoms with Crippen LogP contribution in [-0.2, 0) is 0 Å². The van der Waals surface area contributed by atoms with E-state index in [1.807, 2.05) is 11.6 Å². The summed E-state index contributed by atoms with van der Waals surface area (Å²) in [5, 5.41) is 14.4. The summed E-state index contributed by atoms with van der Waals surface area (Å²) in [6.45, 7) is 3.90. The highest BCUT2D eigenvalue weighted by Gasteiger charge is 2.21. The van der Waals surface area contributed by atoms with Gasteiger partial charge < -0.3 is 5.32 Å². The van der Waals surface area contributed by atoms with E-state index in [2.05, 4.69) is 20.8 Å². The molecule has 0 atom stereocenters. The van der Waals surface area contributed by atoms with Crippen LogP contribution in [-0.4, -0.2) is 33.3 Å². The number of aromatic nitrogens is 4. The van der Waals surface area contributed by atoms with Crippen molar-refractivity contribution in [2.45, 2.75) is 13.0 Å². The van der Waals surface area contributed by atoms with E-state index in [9.17, 15) is 0 Å². The maximum absolute atomic E-state index is 3.85. The third kappa shape index (κ3) is 0.706. The van der Waals surface area contributed by atoms with Crippen molar-refractivity contribution in [1.82, 2.24) is 25.5 Å². The summed E-state index contributed by atoms with van der Waals surface area (Å²) in [7, 11) is 0. The van der Waals surface area contributed by atoms with E-state index in [0.29, 0.717) is 6.04 Å². The van der Waals surface area contributed by atoms with Crippen LogP contribution in [0.3, 0.4) is 0 Å². The summed E-state index contributed by atoms with van der Waals surface area (Å²) >= 11 is 0. The fourth-order valence-electron chi connectivity index (χ4n) is 1.02. The lowest BCUT2D eigenvalue weighted by Crippen LogP contribution is -2.44. The normalized spacial score (nSPS) is 18.9. The molecule has 0 amide bonds. The van der Waals surface area contributed by atoms with Crippen LogP contribution >= 0.6 is 0 Å². The molecule has 1 aliphatic rings. The Morgan fingerprint density at radius 2 is 2.40 bits per heavy atom. The van der Waals surface area contributed by atoms with Crippen LogP contribution in [0.1, 0.15) is 11.9 Å². The molecule has 0 spiro atoms. The number of aryl methyl sites for hydroxylation is 1. The van der Waals surface area contributed by atoms with Gasteiger partial charge in [0.15, 0.2) is 0 Å². The second-order valence-electron chi connectivity index (χ2n) is 2.48. The van der Waals surface area contributed by atoms with Crippen molar-refractivity contribution < 1.29 is 0 Å². The van der Waals surface area contributed by atoms with Crippen molar-refractivity contribution in [2.24, 2.45) is 0 Å². The second-order valence-corrected chi connectivity index (χ2v) is 2.48. The van der Waals surface area contributed by atoms with Gasteiger partial charge in [-0.15, -0.1) is 5.10 Å². The molecule has 5 heteroatoms. The molecule has 1 aromatic rings. The molecule has 2 rings (SSSR count). The first-order valence-corrected chi connectivity index (χ1v) is 3.33. The average molecular weight is 139 g/mol. The molecule has 0 unspecified atom stereocenters. The average Bonchev–Trinajstić information content (AvgIpc) is 2.12. The predicted molar refractivity (Wildman–Crippen MR) is 34.5 cm³/mol. The van der Waals surface area contributed by atoms with Crippen molar-refractivity contribution in [1.29, 1.82) is 0 Å². The Morgan fingerprint density at radius 1 is 1.60 bits per heavy atom. The molecule has 1 aliphatic heterocycles. The maximum Gasteiger partial charge on any atom is 0.148 e. The van der Waals surface area contributed by atoms with Crippen LogP contribution in [0.2, 0.25) is 0 Å². The first kappa shape index (κ1) is 5.79. The zero-order valence-electron chi connectivity index (χ0n) is 5.78. The van der Waals surface area contributed by atoms with Crippen LogP contribution in [0.25, 0.3) is 0 Å². The first-order chi connectivity index (χ1) is 4.88. The molecule has 0 bridgehead atoms. The van der Waals surface area contributed by atoms with Crippen LogP contribution in [0, 0.1) is 6.92 Å². The van der Waals surface area contributed by atoms with E-state index < -0.39 is 0 Å². The zero-order chi connectivity index (χ0) is 6.97. The van der Waals surface area contributed by atoms with E-state index in [4.69, 9.17) is 0 Å². The van der Waals surface area contributed by atoms with Crippen LogP contribution in [0.5, 0.6) is 0 Å². The van der Waals surface area contributed by atoms with Gasteiger partial charge in [0.25, 0.3) is 0 Å². The number of nitrogens with one attached hydrogen (secondary N) is 1. The monoisotopic (exact) mass is 139 g/mol. The summed E-state index contributed by atoms with van der Waals surface area (Å²) in [5.41, 5.74) is 0. The highest BCUT2D eigenvalue weighted by molar-refractivity contribution is 4.86. The molecule has 54 valence electrons. The minimum absolute atomic E-state index is 0.481. The molecule has 0 aliphatic carbocycles. The summed E-state index contributed by atoms with van der Waals surface area (Å²) < 4.78 is 1.86. The van der Waals surface area contributed by atoms with Crippen LogP contribution < -0.4 is 5.32 Å². The van der Waals surface area contributed by atoms with Gasteiger partial charge in [-0.25, -0.2) is 4.68 Å². The number of hydrogen-bond acceptors (Lipinski definition) is 4. The molecule has 0 radical (unpaired) electrons. The zero-order valence-corrected chi connectivity index (χ0v) is 5.78. The molecular formula is C5H9N5. The molecule has 1 N–H and O–H groups in total. The van der Waals surface area contributed by atoms with Crippen LogP contribution in [0.4, 0.5) is 0 Å². The van der Waals surface area contributed by atoms with E-state index in [1.54, 1.807) is 0 Å². The lowest BCUT2D eigenvalue weighted by molar-refractivity contribution is 0.308. The Bertz CT molecular complexity index is 226. The molecule has 1 saturated heterocycles. The Balaban J connectivity index is 2.23. The predicted octanol–water partition coefficient (Wildman–Crippen LogP) is -0.874. The van der Waals surface area contributed by atoms with Gasteiger partial charge in [-0.1, -0.05) is 0 Å². The Morgan fingerprint density at radius 3 is 2.80 bits per heavy atom. The largest absolute Gasteiger partial charge is 0.312 e. The lowest BCUT2D eigenvalue weighted by atomic mass is 10.2. The quantitative estimate of drug-likeness (QED) is 0.549. The van der Waals surface area contributed by atoms with Gasteiger partial charge in [-0.05, 0) is 17.4 Å². The molecular weight excluding hydrogens is 130 g/mol. The van der Waals surface area contributed by atoms with Gasteiger partial charge in [0, 0.05) is 13.1 Å². The summed E-state index contributed by atoms with van der Waals surface area (Å²) in [4.78, 5) is 0. The van der Waals surface area contributed by atoms with Gasteiger partial charge in [0.1, 0.15) is 5.82 Å². The van der Waals surface area contributed by atoms with Crippen molar-refractivity contribution in [3.05, 3.63) is 5.82 Å². The molecule has 5 nitrogen and oxygen atoms in total. The molecule has 1 aromatic heterocycles. The standard InChI is InChI=1S/C5H9N5/c1-4-7-8-9-10(4)5-2-6-3-5/h5-6H,2-3H2,1H3. The molecule has 0 aromatic carbocycles. The van der Waals surface area contributed by atoms with E-state index >= 15 is 0 Å². The van der Waals surface area contributed by atoms with Gasteiger partial charge in [-0.3, -0.25) is 0 Å². The summed E-state index contributed by atoms with van der Waals surface area (Å²) in [6.07, 6.45) is 0. The fraction of sp³-hybridized carbons (Fsp3) is 0.800. The Kier molecular flexibility index (Phi) is 1.17. The van der Waals surface area contributed by atoms with Crippen molar-refractivity contribution in [3.8, 4) is 0 Å². The van der Waals surface area contributed by atoms with Gasteiger partial charge in [0.2, 0.25) is 0 Å². The summed E-state index contributed by atoms with van der Waals surface area (Å²) in [6, 6.07) is 0.481. The fourth-order valence-corrected chi connectivity index (χ4v) is 1.02. The van der Waals surface area contributed by atoms with Gasteiger partial charge in [-0.2, -0.15) is 0 Å². The van der Waals surface area contributed by atoms with Crippen molar-refractivity contribution >= 4 is 0 Å². The molecule has 1 fully saturated rings. The minimum Gasteiger partial charge on any atom is -0.312 e. The van der Waals surface area contributed by atoms with Crippen LogP contribution in [0.15, 0.2) is 0 Å². The molecule has 0 saturated carbocycles. The molecule has 2 heterocycles. The third-order valence-corrected chi connectivity index (χ3v) is 1.76.